The maximum Gasteiger partial charge on any atom is 0.235 e. The second-order valence-electron chi connectivity index (χ2n) is 4.90. The lowest BCUT2D eigenvalue weighted by Crippen LogP contribution is -1.97. The summed E-state index contributed by atoms with van der Waals surface area (Å²) in [5.41, 5.74) is 0. The van der Waals surface area contributed by atoms with Gasteiger partial charge in [0.1, 0.15) is 0 Å². The van der Waals surface area contributed by atoms with Gasteiger partial charge in [0.2, 0.25) is 24.3 Å². The summed E-state index contributed by atoms with van der Waals surface area (Å²) in [6.45, 7) is 3.48. The van der Waals surface area contributed by atoms with Gasteiger partial charge in [-0.05, 0) is 39.0 Å². The third-order valence-corrected chi connectivity index (χ3v) is 2.90. The van der Waals surface area contributed by atoms with Crippen LogP contribution in [0.4, 0.5) is 0 Å². The van der Waals surface area contributed by atoms with Crippen LogP contribution in [0.3, 0.4) is 0 Å². The number of aliphatic imine (C=N–C) groups is 4. The molecule has 0 aromatic heterocycles. The van der Waals surface area contributed by atoms with Gasteiger partial charge in [0.25, 0.3) is 0 Å². The van der Waals surface area contributed by atoms with E-state index in [1.54, 1.807) is 0 Å². The Kier molecular flexibility index (Phi) is 22.6. The van der Waals surface area contributed by atoms with Gasteiger partial charge in [-0.1, -0.05) is 12.8 Å². The Hall–Kier alpha value is -2.48. The summed E-state index contributed by atoms with van der Waals surface area (Å²) < 4.78 is 0. The summed E-state index contributed by atoms with van der Waals surface area (Å²) in [5, 5.41) is 0. The standard InChI is InChI=1S/2C8H12N2O2/c1-8(10-7-12)4-2-3-5-9-6-11;11-7-9-5-3-1-2-4-6-10-8-12/h8H,2-5H2,1H3;1-6H2. The van der Waals surface area contributed by atoms with Gasteiger partial charge >= 0.3 is 0 Å². The molecular formula is C16H24N4O4. The van der Waals surface area contributed by atoms with E-state index in [0.29, 0.717) is 19.6 Å². The number of rotatable bonds is 13. The molecule has 0 radical (unpaired) electrons. The summed E-state index contributed by atoms with van der Waals surface area (Å²) in [6.07, 6.45) is 12.4. The van der Waals surface area contributed by atoms with Gasteiger partial charge in [0, 0.05) is 0 Å². The monoisotopic (exact) mass is 336 g/mol. The van der Waals surface area contributed by atoms with Gasteiger partial charge in [-0.15, -0.1) is 0 Å². The molecule has 0 N–H and O–H groups in total. The van der Waals surface area contributed by atoms with Crippen molar-refractivity contribution in [1.29, 1.82) is 0 Å². The second-order valence-corrected chi connectivity index (χ2v) is 4.90. The maximum absolute atomic E-state index is 9.79. The van der Waals surface area contributed by atoms with E-state index in [1.807, 2.05) is 6.92 Å². The van der Waals surface area contributed by atoms with Crippen molar-refractivity contribution >= 4 is 24.3 Å². The number of isocyanates is 4. The summed E-state index contributed by atoms with van der Waals surface area (Å²) in [7, 11) is 0. The lowest BCUT2D eigenvalue weighted by atomic mass is 10.1. The zero-order valence-corrected chi connectivity index (χ0v) is 14.1. The molecule has 0 rings (SSSR count). The lowest BCUT2D eigenvalue weighted by Gasteiger charge is -2.00. The molecule has 0 aromatic rings. The van der Waals surface area contributed by atoms with Crippen molar-refractivity contribution in [2.45, 2.75) is 57.9 Å². The Morgan fingerprint density at radius 1 is 0.625 bits per heavy atom. The highest BCUT2D eigenvalue weighted by Crippen LogP contribution is 2.03. The number of hydrogen-bond donors (Lipinski definition) is 0. The molecular weight excluding hydrogens is 312 g/mol. The number of hydrogen-bond acceptors (Lipinski definition) is 8. The Morgan fingerprint density at radius 2 is 1.04 bits per heavy atom. The van der Waals surface area contributed by atoms with Crippen molar-refractivity contribution in [1.82, 2.24) is 0 Å². The predicted octanol–water partition coefficient (Wildman–Crippen LogP) is 2.44. The molecule has 1 atom stereocenters. The van der Waals surface area contributed by atoms with E-state index < -0.39 is 0 Å². The van der Waals surface area contributed by atoms with E-state index in [-0.39, 0.29) is 6.04 Å². The van der Waals surface area contributed by atoms with Crippen LogP contribution in [0.5, 0.6) is 0 Å². The smallest absolute Gasteiger partial charge is 0.211 e. The van der Waals surface area contributed by atoms with Crippen LogP contribution in [0.15, 0.2) is 20.0 Å². The molecule has 0 fully saturated rings. The number of carbonyl (C=O) groups excluding carboxylic acids is 4. The SMILES string of the molecule is CC(CCCCN=C=O)N=C=O.O=C=NCCCCCCN=C=O. The van der Waals surface area contributed by atoms with Crippen molar-refractivity contribution in [2.75, 3.05) is 19.6 Å². The van der Waals surface area contributed by atoms with E-state index in [0.717, 1.165) is 44.9 Å². The first kappa shape index (κ1) is 23.8. The molecule has 0 saturated carbocycles. The van der Waals surface area contributed by atoms with Gasteiger partial charge < -0.3 is 0 Å². The molecule has 8 nitrogen and oxygen atoms in total. The molecule has 24 heavy (non-hydrogen) atoms. The molecule has 0 aromatic carbocycles. The molecule has 0 aliphatic carbocycles. The van der Waals surface area contributed by atoms with Crippen LogP contribution in [0.1, 0.15) is 51.9 Å². The van der Waals surface area contributed by atoms with Gasteiger partial charge in [0.05, 0.1) is 25.7 Å². The van der Waals surface area contributed by atoms with Gasteiger partial charge in [-0.3, -0.25) is 0 Å². The molecule has 0 saturated heterocycles. The van der Waals surface area contributed by atoms with Gasteiger partial charge in [-0.2, -0.15) is 0 Å². The normalized spacial score (nSPS) is 9.71. The van der Waals surface area contributed by atoms with Crippen LogP contribution in [0.25, 0.3) is 0 Å². The topological polar surface area (TPSA) is 118 Å². The zero-order chi connectivity index (χ0) is 18.3. The molecule has 0 spiro atoms. The minimum absolute atomic E-state index is 0.0303. The van der Waals surface area contributed by atoms with Crippen LogP contribution in [0.2, 0.25) is 0 Å². The average Bonchev–Trinajstić information content (AvgIpc) is 2.58. The molecule has 132 valence electrons. The fourth-order valence-electron chi connectivity index (χ4n) is 1.66. The van der Waals surface area contributed by atoms with E-state index in [9.17, 15) is 19.2 Å². The molecule has 0 bridgehead atoms. The van der Waals surface area contributed by atoms with Crippen LogP contribution in [-0.2, 0) is 19.2 Å². The quantitative estimate of drug-likeness (QED) is 0.291. The summed E-state index contributed by atoms with van der Waals surface area (Å²) in [4.78, 5) is 52.4. The first-order chi connectivity index (χ1) is 11.7. The van der Waals surface area contributed by atoms with Crippen LogP contribution >= 0.6 is 0 Å². The third kappa shape index (κ3) is 24.5. The Balaban J connectivity index is 0. The van der Waals surface area contributed by atoms with Crippen LogP contribution in [0, 0.1) is 0 Å². The van der Waals surface area contributed by atoms with Crippen molar-refractivity contribution < 1.29 is 19.2 Å². The fraction of sp³-hybridized carbons (Fsp3) is 0.750. The first-order valence-corrected chi connectivity index (χ1v) is 7.90. The number of nitrogens with zero attached hydrogens (tertiary/aromatic N) is 4. The highest BCUT2D eigenvalue weighted by Gasteiger charge is 1.97. The Labute approximate surface area is 141 Å². The van der Waals surface area contributed by atoms with Crippen molar-refractivity contribution in [3.8, 4) is 0 Å². The average molecular weight is 336 g/mol. The van der Waals surface area contributed by atoms with E-state index in [2.05, 4.69) is 20.0 Å². The van der Waals surface area contributed by atoms with E-state index in [4.69, 9.17) is 0 Å². The molecule has 1 unspecified atom stereocenters. The molecule has 8 heteroatoms. The molecule has 0 aliphatic heterocycles. The van der Waals surface area contributed by atoms with Crippen molar-refractivity contribution in [2.24, 2.45) is 20.0 Å². The summed E-state index contributed by atoms with van der Waals surface area (Å²) in [6, 6.07) is 0.0303. The van der Waals surface area contributed by atoms with Crippen LogP contribution in [-0.4, -0.2) is 50.0 Å². The maximum atomic E-state index is 9.79. The largest absolute Gasteiger partial charge is 0.235 e. The molecule has 0 amide bonds. The van der Waals surface area contributed by atoms with Crippen molar-refractivity contribution in [3.05, 3.63) is 0 Å². The lowest BCUT2D eigenvalue weighted by molar-refractivity contribution is 0.548. The minimum Gasteiger partial charge on any atom is -0.211 e. The molecule has 0 aliphatic rings. The van der Waals surface area contributed by atoms with Crippen LogP contribution < -0.4 is 0 Å². The Morgan fingerprint density at radius 3 is 1.42 bits per heavy atom. The zero-order valence-electron chi connectivity index (χ0n) is 14.1. The fourth-order valence-corrected chi connectivity index (χ4v) is 1.66. The summed E-state index contributed by atoms with van der Waals surface area (Å²) >= 11 is 0. The number of unbranched alkanes of at least 4 members (excludes halogenated alkanes) is 4. The van der Waals surface area contributed by atoms with Gasteiger partial charge in [0.15, 0.2) is 0 Å². The highest BCUT2D eigenvalue weighted by atomic mass is 16.1. The summed E-state index contributed by atoms with van der Waals surface area (Å²) in [5.74, 6) is 0. The highest BCUT2D eigenvalue weighted by molar-refractivity contribution is 5.33. The van der Waals surface area contributed by atoms with E-state index >= 15 is 0 Å². The van der Waals surface area contributed by atoms with Gasteiger partial charge in [-0.25, -0.2) is 39.1 Å². The minimum atomic E-state index is 0.0303. The van der Waals surface area contributed by atoms with Crippen molar-refractivity contribution in [3.63, 3.8) is 0 Å². The molecule has 0 heterocycles. The third-order valence-electron chi connectivity index (χ3n) is 2.90. The Bertz CT molecular complexity index is 462. The predicted molar refractivity (Wildman–Crippen MR) is 88.9 cm³/mol. The van der Waals surface area contributed by atoms with E-state index in [1.165, 1.54) is 24.3 Å². The first-order valence-electron chi connectivity index (χ1n) is 7.90. The second kappa shape index (κ2) is 22.8.